The second-order valence-corrected chi connectivity index (χ2v) is 4.10. The zero-order valence-electron chi connectivity index (χ0n) is 10.3. The van der Waals surface area contributed by atoms with Gasteiger partial charge in [-0.05, 0) is 6.92 Å². The van der Waals surface area contributed by atoms with Crippen molar-refractivity contribution < 1.29 is 18.3 Å². The van der Waals surface area contributed by atoms with Crippen molar-refractivity contribution in [2.24, 2.45) is 0 Å². The van der Waals surface area contributed by atoms with Crippen LogP contribution in [-0.2, 0) is 0 Å². The van der Waals surface area contributed by atoms with Crippen LogP contribution in [0.3, 0.4) is 0 Å². The lowest BCUT2D eigenvalue weighted by Gasteiger charge is -2.13. The smallest absolute Gasteiger partial charge is 0.202 e. The molecule has 2 aromatic rings. The zero-order valence-corrected chi connectivity index (χ0v) is 10.3. The summed E-state index contributed by atoms with van der Waals surface area (Å²) in [5.74, 6) is -1.73. The van der Waals surface area contributed by atoms with E-state index in [0.717, 1.165) is 18.2 Å². The molecule has 0 heterocycles. The van der Waals surface area contributed by atoms with Crippen LogP contribution in [0.25, 0.3) is 0 Å². The number of halogens is 2. The third kappa shape index (κ3) is 3.37. The Labute approximate surface area is 109 Å². The third-order valence-electron chi connectivity index (χ3n) is 2.58. The molecule has 0 fully saturated rings. The van der Waals surface area contributed by atoms with Crippen LogP contribution in [0.1, 0.15) is 17.3 Å². The van der Waals surface area contributed by atoms with Gasteiger partial charge in [0.2, 0.25) is 5.78 Å². The number of ketones is 1. The zero-order chi connectivity index (χ0) is 13.8. The van der Waals surface area contributed by atoms with Crippen LogP contribution in [0.4, 0.5) is 8.78 Å². The highest BCUT2D eigenvalue weighted by Gasteiger charge is 2.17. The summed E-state index contributed by atoms with van der Waals surface area (Å²) in [5, 5.41) is 0. The fourth-order valence-electron chi connectivity index (χ4n) is 1.69. The number of carbonyl (C=O) groups is 1. The molecule has 2 rings (SSSR count). The average molecular weight is 262 g/mol. The van der Waals surface area contributed by atoms with E-state index in [-0.39, 0.29) is 11.5 Å². The van der Waals surface area contributed by atoms with E-state index in [0.29, 0.717) is 5.56 Å². The molecule has 2 nitrogen and oxygen atoms in total. The lowest BCUT2D eigenvalue weighted by atomic mass is 10.1. The van der Waals surface area contributed by atoms with Crippen LogP contribution in [-0.4, -0.2) is 11.9 Å². The van der Waals surface area contributed by atoms with Crippen LogP contribution >= 0.6 is 0 Å². The summed E-state index contributed by atoms with van der Waals surface area (Å²) >= 11 is 0. The Kier molecular flexibility index (Phi) is 3.90. The second-order valence-electron chi connectivity index (χ2n) is 4.10. The number of carbonyl (C=O) groups excluding carboxylic acids is 1. The minimum Gasteiger partial charge on any atom is -0.482 e. The number of ether oxygens (including phenoxy) is 1. The summed E-state index contributed by atoms with van der Waals surface area (Å²) in [5.41, 5.74) is 0.492. The molecule has 0 saturated heterocycles. The fraction of sp³-hybridized carbons (Fsp3) is 0.133. The van der Waals surface area contributed by atoms with Crippen LogP contribution in [0.2, 0.25) is 0 Å². The van der Waals surface area contributed by atoms with E-state index in [1.54, 1.807) is 30.3 Å². The van der Waals surface area contributed by atoms with E-state index in [1.165, 1.54) is 6.92 Å². The van der Waals surface area contributed by atoms with Crippen molar-refractivity contribution in [3.05, 3.63) is 65.7 Å². The Morgan fingerprint density at radius 1 is 1.05 bits per heavy atom. The molecule has 0 N–H and O–H groups in total. The SMILES string of the molecule is CC(Oc1cc(F)cc(F)c1)C(=O)c1ccccc1. The topological polar surface area (TPSA) is 26.3 Å². The lowest BCUT2D eigenvalue weighted by Crippen LogP contribution is -2.23. The maximum absolute atomic E-state index is 13.0. The Morgan fingerprint density at radius 2 is 1.63 bits per heavy atom. The van der Waals surface area contributed by atoms with Crippen LogP contribution in [0.15, 0.2) is 48.5 Å². The van der Waals surface area contributed by atoms with E-state index in [1.807, 2.05) is 0 Å². The van der Waals surface area contributed by atoms with Gasteiger partial charge in [-0.2, -0.15) is 0 Å². The van der Waals surface area contributed by atoms with Gasteiger partial charge in [-0.3, -0.25) is 4.79 Å². The van der Waals surface area contributed by atoms with Gasteiger partial charge < -0.3 is 4.74 Å². The van der Waals surface area contributed by atoms with Gasteiger partial charge in [0.25, 0.3) is 0 Å². The highest BCUT2D eigenvalue weighted by molar-refractivity contribution is 5.99. The fourth-order valence-corrected chi connectivity index (χ4v) is 1.69. The van der Waals surface area contributed by atoms with Gasteiger partial charge in [0.1, 0.15) is 17.4 Å². The summed E-state index contributed by atoms with van der Waals surface area (Å²) in [6.07, 6.45) is -0.816. The maximum atomic E-state index is 13.0. The first-order chi connectivity index (χ1) is 9.06. The summed E-state index contributed by atoms with van der Waals surface area (Å²) < 4.78 is 31.3. The first-order valence-electron chi connectivity index (χ1n) is 5.78. The van der Waals surface area contributed by atoms with Crippen LogP contribution < -0.4 is 4.74 Å². The van der Waals surface area contributed by atoms with Gasteiger partial charge >= 0.3 is 0 Å². The minimum absolute atomic E-state index is 0.00530. The first-order valence-corrected chi connectivity index (χ1v) is 5.78. The average Bonchev–Trinajstić information content (AvgIpc) is 2.37. The highest BCUT2D eigenvalue weighted by atomic mass is 19.1. The third-order valence-corrected chi connectivity index (χ3v) is 2.58. The molecule has 0 aliphatic heterocycles. The summed E-state index contributed by atoms with van der Waals surface area (Å²) in [7, 11) is 0. The molecule has 2 aromatic carbocycles. The molecule has 0 spiro atoms. The predicted molar refractivity (Wildman–Crippen MR) is 67.2 cm³/mol. The van der Waals surface area contributed by atoms with Gasteiger partial charge in [-0.25, -0.2) is 8.78 Å². The van der Waals surface area contributed by atoms with E-state index < -0.39 is 17.7 Å². The molecule has 1 unspecified atom stereocenters. The Hall–Kier alpha value is -2.23. The molecule has 0 radical (unpaired) electrons. The second kappa shape index (κ2) is 5.61. The molecule has 19 heavy (non-hydrogen) atoms. The minimum atomic E-state index is -0.816. The van der Waals surface area contributed by atoms with E-state index >= 15 is 0 Å². The van der Waals surface area contributed by atoms with Crippen molar-refractivity contribution in [1.82, 2.24) is 0 Å². The molecular weight excluding hydrogens is 250 g/mol. The summed E-state index contributed by atoms with van der Waals surface area (Å²) in [6.45, 7) is 1.54. The van der Waals surface area contributed by atoms with Crippen LogP contribution in [0.5, 0.6) is 5.75 Å². The molecule has 1 atom stereocenters. The van der Waals surface area contributed by atoms with Crippen molar-refractivity contribution in [2.45, 2.75) is 13.0 Å². The van der Waals surface area contributed by atoms with Gasteiger partial charge in [0, 0.05) is 23.8 Å². The van der Waals surface area contributed by atoms with Crippen molar-refractivity contribution in [3.8, 4) is 5.75 Å². The molecule has 0 aliphatic carbocycles. The number of hydrogen-bond acceptors (Lipinski definition) is 2. The van der Waals surface area contributed by atoms with Crippen molar-refractivity contribution in [2.75, 3.05) is 0 Å². The standard InChI is InChI=1S/C15H12F2O2/c1-10(15(18)11-5-3-2-4-6-11)19-14-8-12(16)7-13(17)9-14/h2-10H,1H3. The highest BCUT2D eigenvalue weighted by Crippen LogP contribution is 2.18. The molecular formula is C15H12F2O2. The predicted octanol–water partition coefficient (Wildman–Crippen LogP) is 3.62. The molecule has 0 aromatic heterocycles. The van der Waals surface area contributed by atoms with Crippen molar-refractivity contribution >= 4 is 5.78 Å². The quantitative estimate of drug-likeness (QED) is 0.787. The van der Waals surface area contributed by atoms with E-state index in [4.69, 9.17) is 4.74 Å². The molecule has 0 aliphatic rings. The van der Waals surface area contributed by atoms with Gasteiger partial charge in [0.05, 0.1) is 0 Å². The largest absolute Gasteiger partial charge is 0.482 e. The van der Waals surface area contributed by atoms with Gasteiger partial charge in [0.15, 0.2) is 6.10 Å². The molecule has 0 saturated carbocycles. The Balaban J connectivity index is 2.13. The Bertz CT molecular complexity index is 562. The summed E-state index contributed by atoms with van der Waals surface area (Å²) in [4.78, 5) is 12.0. The number of Topliss-reactive ketones (excluding diaryl/α,β-unsaturated/α-hetero) is 1. The molecule has 0 amide bonds. The molecule has 4 heteroatoms. The van der Waals surface area contributed by atoms with Crippen LogP contribution in [0, 0.1) is 11.6 Å². The van der Waals surface area contributed by atoms with E-state index in [2.05, 4.69) is 0 Å². The number of benzene rings is 2. The number of rotatable bonds is 4. The van der Waals surface area contributed by atoms with Gasteiger partial charge in [-0.1, -0.05) is 30.3 Å². The monoisotopic (exact) mass is 262 g/mol. The molecule has 0 bridgehead atoms. The normalized spacial score (nSPS) is 11.9. The van der Waals surface area contributed by atoms with Gasteiger partial charge in [-0.15, -0.1) is 0 Å². The van der Waals surface area contributed by atoms with Crippen molar-refractivity contribution in [1.29, 1.82) is 0 Å². The summed E-state index contributed by atoms with van der Waals surface area (Å²) in [6, 6.07) is 11.4. The molecule has 98 valence electrons. The maximum Gasteiger partial charge on any atom is 0.202 e. The lowest BCUT2D eigenvalue weighted by molar-refractivity contribution is 0.0817. The first kappa shape index (κ1) is 13.2. The van der Waals surface area contributed by atoms with E-state index in [9.17, 15) is 13.6 Å². The van der Waals surface area contributed by atoms with Crippen molar-refractivity contribution in [3.63, 3.8) is 0 Å². The number of hydrogen-bond donors (Lipinski definition) is 0. The Morgan fingerprint density at radius 3 is 2.21 bits per heavy atom.